The highest BCUT2D eigenvalue weighted by Crippen LogP contribution is 2.38. The van der Waals surface area contributed by atoms with Crippen LogP contribution < -0.4 is 0 Å². The van der Waals surface area contributed by atoms with E-state index in [0.717, 1.165) is 28.2 Å². The second-order valence-corrected chi connectivity index (χ2v) is 7.73. The maximum absolute atomic E-state index is 12.4. The van der Waals surface area contributed by atoms with Crippen molar-refractivity contribution in [3.63, 3.8) is 0 Å². The molecular formula is C26H22N4O2. The minimum Gasteiger partial charge on any atom is -0.508 e. The van der Waals surface area contributed by atoms with E-state index in [4.69, 9.17) is 5.10 Å². The molecular weight excluding hydrogens is 400 g/mol. The Kier molecular flexibility index (Phi) is 5.03. The number of nitrogens with zero attached hydrogens (tertiary/aromatic N) is 4. The molecule has 0 radical (unpaired) electrons. The molecule has 0 spiro atoms. The number of aromatic hydroxyl groups is 1. The van der Waals surface area contributed by atoms with Crippen molar-refractivity contribution in [2.75, 3.05) is 0 Å². The van der Waals surface area contributed by atoms with Gasteiger partial charge in [-0.05, 0) is 18.2 Å². The largest absolute Gasteiger partial charge is 0.508 e. The Morgan fingerprint density at radius 1 is 0.938 bits per heavy atom. The van der Waals surface area contributed by atoms with Crippen LogP contribution in [0.4, 0.5) is 0 Å². The number of phenols is 1. The number of phenolic OH excluding ortho intramolecular Hbond substituents is 1. The summed E-state index contributed by atoms with van der Waals surface area (Å²) in [5, 5.41) is 21.4. The van der Waals surface area contributed by atoms with E-state index < -0.39 is 0 Å². The standard InChI is InChI=1S/C26H22N4O2/c1-18(31)30-24(21-14-8-9-15-25(21)32)16-23(27-30)22-17-29(20-12-6-3-7-13-20)28-26(22)19-10-4-2-5-11-19/h2-15,17,24,32H,16H2,1H3/t24-/m1/s1. The van der Waals surface area contributed by atoms with Crippen LogP contribution >= 0.6 is 0 Å². The topological polar surface area (TPSA) is 70.7 Å². The van der Waals surface area contributed by atoms with Gasteiger partial charge in [-0.3, -0.25) is 4.79 Å². The third kappa shape index (κ3) is 3.56. The lowest BCUT2D eigenvalue weighted by molar-refractivity contribution is -0.130. The first-order chi connectivity index (χ1) is 15.6. The molecule has 32 heavy (non-hydrogen) atoms. The molecule has 1 atom stereocenters. The monoisotopic (exact) mass is 422 g/mol. The van der Waals surface area contributed by atoms with Gasteiger partial charge in [0.05, 0.1) is 17.4 Å². The van der Waals surface area contributed by atoms with E-state index in [0.29, 0.717) is 12.0 Å². The molecule has 158 valence electrons. The van der Waals surface area contributed by atoms with Gasteiger partial charge >= 0.3 is 0 Å². The summed E-state index contributed by atoms with van der Waals surface area (Å²) in [5.41, 5.74) is 5.02. The molecule has 0 fully saturated rings. The van der Waals surface area contributed by atoms with E-state index in [9.17, 15) is 9.90 Å². The fraction of sp³-hybridized carbons (Fsp3) is 0.115. The van der Waals surface area contributed by atoms with E-state index in [1.54, 1.807) is 12.1 Å². The van der Waals surface area contributed by atoms with Crippen molar-refractivity contribution in [2.24, 2.45) is 5.10 Å². The highest BCUT2D eigenvalue weighted by Gasteiger charge is 2.34. The van der Waals surface area contributed by atoms with Crippen LogP contribution in [-0.2, 0) is 4.79 Å². The summed E-state index contributed by atoms with van der Waals surface area (Å²) in [6.07, 6.45) is 2.44. The predicted molar refractivity (Wildman–Crippen MR) is 124 cm³/mol. The number of rotatable bonds is 4. The number of aromatic nitrogens is 2. The normalized spacial score (nSPS) is 15.6. The minimum absolute atomic E-state index is 0.156. The van der Waals surface area contributed by atoms with Crippen LogP contribution in [0.15, 0.2) is 96.2 Å². The molecule has 1 amide bonds. The van der Waals surface area contributed by atoms with Gasteiger partial charge in [-0.1, -0.05) is 66.7 Å². The molecule has 1 aliphatic rings. The van der Waals surface area contributed by atoms with Gasteiger partial charge in [-0.15, -0.1) is 0 Å². The third-order valence-corrected chi connectivity index (χ3v) is 5.62. The van der Waals surface area contributed by atoms with Crippen LogP contribution in [-0.4, -0.2) is 31.5 Å². The van der Waals surface area contributed by atoms with Crippen molar-refractivity contribution in [3.05, 3.63) is 102 Å². The van der Waals surface area contributed by atoms with Crippen molar-refractivity contribution < 1.29 is 9.90 Å². The molecule has 6 heteroatoms. The second-order valence-electron chi connectivity index (χ2n) is 7.73. The number of hydrogen-bond acceptors (Lipinski definition) is 4. The summed E-state index contributed by atoms with van der Waals surface area (Å²) in [5.74, 6) is -0.0200. The average Bonchev–Trinajstić information content (AvgIpc) is 3.46. The molecule has 2 heterocycles. The van der Waals surface area contributed by atoms with E-state index in [1.165, 1.54) is 11.9 Å². The van der Waals surface area contributed by atoms with Crippen molar-refractivity contribution in [3.8, 4) is 22.7 Å². The van der Waals surface area contributed by atoms with E-state index in [1.807, 2.05) is 83.7 Å². The SMILES string of the molecule is CC(=O)N1N=C(c2cn(-c3ccccc3)nc2-c2ccccc2)C[C@@H]1c1ccccc1O. The van der Waals surface area contributed by atoms with Crippen LogP contribution in [0.5, 0.6) is 5.75 Å². The maximum atomic E-state index is 12.4. The molecule has 0 bridgehead atoms. The molecule has 5 rings (SSSR count). The number of hydrogen-bond donors (Lipinski definition) is 1. The molecule has 0 aliphatic carbocycles. The van der Waals surface area contributed by atoms with Gasteiger partial charge in [0.15, 0.2) is 0 Å². The lowest BCUT2D eigenvalue weighted by Gasteiger charge is -2.21. The molecule has 0 saturated carbocycles. The zero-order chi connectivity index (χ0) is 22.1. The number of hydrazone groups is 1. The van der Waals surface area contributed by atoms with Crippen molar-refractivity contribution >= 4 is 11.6 Å². The first kappa shape index (κ1) is 19.8. The average molecular weight is 422 g/mol. The van der Waals surface area contributed by atoms with Crippen LogP contribution in [0.25, 0.3) is 16.9 Å². The number of carbonyl (C=O) groups excluding carboxylic acids is 1. The van der Waals surface area contributed by atoms with Gasteiger partial charge in [-0.2, -0.15) is 10.2 Å². The van der Waals surface area contributed by atoms with Crippen LogP contribution in [0.2, 0.25) is 0 Å². The summed E-state index contributed by atoms with van der Waals surface area (Å²) < 4.78 is 1.84. The summed E-state index contributed by atoms with van der Waals surface area (Å²) in [6.45, 7) is 1.49. The zero-order valence-electron chi connectivity index (χ0n) is 17.6. The molecule has 1 aromatic heterocycles. The van der Waals surface area contributed by atoms with Crippen molar-refractivity contribution in [1.29, 1.82) is 0 Å². The Balaban J connectivity index is 1.62. The third-order valence-electron chi connectivity index (χ3n) is 5.62. The Morgan fingerprint density at radius 3 is 2.28 bits per heavy atom. The predicted octanol–water partition coefficient (Wildman–Crippen LogP) is 4.94. The van der Waals surface area contributed by atoms with Gasteiger partial charge < -0.3 is 5.11 Å². The maximum Gasteiger partial charge on any atom is 0.240 e. The van der Waals surface area contributed by atoms with Gasteiger partial charge in [0.25, 0.3) is 0 Å². The summed E-state index contributed by atoms with van der Waals surface area (Å²) in [7, 11) is 0. The highest BCUT2D eigenvalue weighted by molar-refractivity contribution is 6.07. The number of benzene rings is 3. The molecule has 1 N–H and O–H groups in total. The zero-order valence-corrected chi connectivity index (χ0v) is 17.6. The molecule has 0 unspecified atom stereocenters. The van der Waals surface area contributed by atoms with Crippen molar-refractivity contribution in [1.82, 2.24) is 14.8 Å². The van der Waals surface area contributed by atoms with E-state index in [-0.39, 0.29) is 17.7 Å². The van der Waals surface area contributed by atoms with Gasteiger partial charge in [-0.25, -0.2) is 9.69 Å². The second kappa shape index (κ2) is 8.15. The first-order valence-corrected chi connectivity index (χ1v) is 10.5. The Bertz CT molecular complexity index is 1300. The van der Waals surface area contributed by atoms with Gasteiger partial charge in [0.2, 0.25) is 5.91 Å². The fourth-order valence-corrected chi connectivity index (χ4v) is 4.08. The number of carbonyl (C=O) groups is 1. The summed E-state index contributed by atoms with van der Waals surface area (Å²) in [6, 6.07) is 26.6. The number of amides is 1. The van der Waals surface area contributed by atoms with Gasteiger partial charge in [0.1, 0.15) is 11.4 Å². The van der Waals surface area contributed by atoms with E-state index >= 15 is 0 Å². The smallest absolute Gasteiger partial charge is 0.240 e. The highest BCUT2D eigenvalue weighted by atomic mass is 16.3. The molecule has 4 aromatic rings. The van der Waals surface area contributed by atoms with Crippen LogP contribution in [0, 0.1) is 0 Å². The summed E-state index contributed by atoms with van der Waals surface area (Å²) in [4.78, 5) is 12.4. The van der Waals surface area contributed by atoms with Crippen LogP contribution in [0.1, 0.15) is 30.5 Å². The Hall–Kier alpha value is -4.19. The molecule has 3 aromatic carbocycles. The lowest BCUT2D eigenvalue weighted by Crippen LogP contribution is -2.24. The molecule has 6 nitrogen and oxygen atoms in total. The van der Waals surface area contributed by atoms with E-state index in [2.05, 4.69) is 5.10 Å². The quantitative estimate of drug-likeness (QED) is 0.506. The molecule has 1 aliphatic heterocycles. The Labute approximate surface area is 186 Å². The first-order valence-electron chi connectivity index (χ1n) is 10.5. The number of para-hydroxylation sites is 2. The summed E-state index contributed by atoms with van der Waals surface area (Å²) >= 11 is 0. The van der Waals surface area contributed by atoms with Gasteiger partial charge in [0, 0.05) is 36.2 Å². The van der Waals surface area contributed by atoms with Crippen molar-refractivity contribution in [2.45, 2.75) is 19.4 Å². The molecule has 0 saturated heterocycles. The fourth-order valence-electron chi connectivity index (χ4n) is 4.08. The van der Waals surface area contributed by atoms with Crippen LogP contribution in [0.3, 0.4) is 0 Å². The Morgan fingerprint density at radius 2 is 1.59 bits per heavy atom. The lowest BCUT2D eigenvalue weighted by atomic mass is 9.96. The minimum atomic E-state index is -0.368.